The zero-order chi connectivity index (χ0) is 30.0. The first-order valence-corrected chi connectivity index (χ1v) is 13.1. The van der Waals surface area contributed by atoms with E-state index in [0.717, 1.165) is 4.90 Å². The summed E-state index contributed by atoms with van der Waals surface area (Å²) in [6.07, 6.45) is -10.7. The van der Waals surface area contributed by atoms with Gasteiger partial charge in [-0.3, -0.25) is 9.59 Å². The largest absolute Gasteiger partial charge is 0.435 e. The van der Waals surface area contributed by atoms with E-state index >= 15 is 0 Å². The minimum absolute atomic E-state index is 0.0282. The molecule has 0 fully saturated rings. The van der Waals surface area contributed by atoms with Crippen molar-refractivity contribution in [3.63, 3.8) is 0 Å². The van der Waals surface area contributed by atoms with E-state index in [0.29, 0.717) is 34.7 Å². The Labute approximate surface area is 230 Å². The Morgan fingerprint density at radius 3 is 1.98 bits per heavy atom. The molecule has 0 unspecified atom stereocenters. The number of rotatable bonds is 7. The maximum Gasteiger partial charge on any atom is 0.435 e. The van der Waals surface area contributed by atoms with Crippen LogP contribution in [0.5, 0.6) is 0 Å². The molecule has 1 N–H and O–H groups in total. The number of hydrogen-bond donors (Lipinski definition) is 1. The molecule has 0 spiro atoms. The van der Waals surface area contributed by atoms with Crippen LogP contribution in [0.1, 0.15) is 37.4 Å². The Balaban J connectivity index is 2.05. The van der Waals surface area contributed by atoms with Crippen molar-refractivity contribution in [2.45, 2.75) is 31.9 Å². The third kappa shape index (κ3) is 5.81. The molecule has 0 aromatic heterocycles. The summed E-state index contributed by atoms with van der Waals surface area (Å²) in [5, 5.41) is 2.73. The first-order chi connectivity index (χ1) is 18.5. The van der Waals surface area contributed by atoms with Crippen molar-refractivity contribution >= 4 is 29.3 Å². The highest BCUT2D eigenvalue weighted by Gasteiger charge is 2.73. The molecule has 2 amide bonds. The summed E-state index contributed by atoms with van der Waals surface area (Å²) >= 11 is 1.43. The number of anilines is 1. The molecular weight excluding hydrogens is 561 g/mol. The minimum atomic E-state index is -6.26. The Hall–Kier alpha value is -3.54. The third-order valence-corrected chi connectivity index (χ3v) is 6.71. The van der Waals surface area contributed by atoms with Crippen LogP contribution in [0.3, 0.4) is 0 Å². The fraction of sp³-hybridized carbons (Fsp3) is 0.286. The predicted octanol–water partition coefficient (Wildman–Crippen LogP) is 7.59. The monoisotopic (exact) mass is 586 g/mol. The van der Waals surface area contributed by atoms with Crippen molar-refractivity contribution in [1.82, 2.24) is 5.32 Å². The smallest absolute Gasteiger partial charge is 0.343 e. The highest BCUT2D eigenvalue weighted by atomic mass is 32.2. The van der Waals surface area contributed by atoms with Gasteiger partial charge in [0, 0.05) is 29.4 Å². The molecule has 0 aliphatic rings. The van der Waals surface area contributed by atoms with Crippen LogP contribution in [0, 0.1) is 13.8 Å². The molecule has 0 saturated carbocycles. The van der Waals surface area contributed by atoms with Crippen molar-refractivity contribution in [1.29, 1.82) is 0 Å². The maximum absolute atomic E-state index is 14.7. The third-order valence-electron chi connectivity index (χ3n) is 6.28. The summed E-state index contributed by atoms with van der Waals surface area (Å²) in [4.78, 5) is 27.1. The average Bonchev–Trinajstić information content (AvgIpc) is 2.89. The summed E-state index contributed by atoms with van der Waals surface area (Å²) in [5.41, 5.74) is -6.00. The highest BCUT2D eigenvalue weighted by molar-refractivity contribution is 7.98. The number of nitrogens with zero attached hydrogens (tertiary/aromatic N) is 1. The number of nitrogens with one attached hydrogen (secondary N) is 1. The zero-order valence-electron chi connectivity index (χ0n) is 21.8. The van der Waals surface area contributed by atoms with Crippen molar-refractivity contribution in [2.24, 2.45) is 0 Å². The number of aryl methyl sites for hydroxylation is 2. The molecule has 0 heterocycles. The predicted molar refractivity (Wildman–Crippen MR) is 141 cm³/mol. The molecule has 3 aromatic carbocycles. The fourth-order valence-corrected chi connectivity index (χ4v) is 4.72. The van der Waals surface area contributed by atoms with Gasteiger partial charge in [0.05, 0.1) is 5.88 Å². The molecule has 214 valence electrons. The van der Waals surface area contributed by atoms with Gasteiger partial charge < -0.3 is 10.2 Å². The van der Waals surface area contributed by atoms with E-state index in [4.69, 9.17) is 0 Å². The number of carbonyl (C=O) groups is 2. The molecule has 0 saturated heterocycles. The number of halogens is 7. The van der Waals surface area contributed by atoms with Gasteiger partial charge in [0.2, 0.25) is 0 Å². The maximum atomic E-state index is 14.7. The van der Waals surface area contributed by atoms with Crippen LogP contribution >= 0.6 is 11.8 Å². The topological polar surface area (TPSA) is 49.4 Å². The second-order valence-corrected chi connectivity index (χ2v) is 9.91. The van der Waals surface area contributed by atoms with Gasteiger partial charge >= 0.3 is 18.0 Å². The lowest BCUT2D eigenvalue weighted by atomic mass is 9.90. The lowest BCUT2D eigenvalue weighted by Gasteiger charge is -2.32. The summed E-state index contributed by atoms with van der Waals surface area (Å²) < 4.78 is 94.6. The summed E-state index contributed by atoms with van der Waals surface area (Å²) in [6.45, 7) is 2.40. The average molecular weight is 587 g/mol. The van der Waals surface area contributed by atoms with Gasteiger partial charge in [0.15, 0.2) is 0 Å². The van der Waals surface area contributed by atoms with E-state index in [2.05, 4.69) is 5.32 Å². The Bertz CT molecular complexity index is 1380. The number of carbonyl (C=O) groups excluding carboxylic acids is 2. The molecule has 0 aliphatic carbocycles. The molecule has 12 heteroatoms. The number of amides is 2. The number of benzene rings is 3. The van der Waals surface area contributed by atoms with Crippen molar-refractivity contribution < 1.29 is 40.3 Å². The lowest BCUT2D eigenvalue weighted by Crippen LogP contribution is -2.50. The normalized spacial score (nSPS) is 12.3. The van der Waals surface area contributed by atoms with Crippen LogP contribution in [0.4, 0.5) is 36.4 Å². The Kier molecular flexibility index (Phi) is 8.93. The number of thioether (sulfide) groups is 1. The van der Waals surface area contributed by atoms with Gasteiger partial charge in [0.25, 0.3) is 11.8 Å². The summed E-state index contributed by atoms with van der Waals surface area (Å²) in [6, 6.07) is 13.9. The van der Waals surface area contributed by atoms with Crippen LogP contribution in [-0.2, 0) is 5.67 Å². The van der Waals surface area contributed by atoms with Gasteiger partial charge in [-0.1, -0.05) is 42.5 Å². The second kappa shape index (κ2) is 11.5. The van der Waals surface area contributed by atoms with Crippen LogP contribution in [0.15, 0.2) is 60.7 Å². The van der Waals surface area contributed by atoms with Crippen LogP contribution in [-0.4, -0.2) is 43.3 Å². The van der Waals surface area contributed by atoms with E-state index in [9.17, 15) is 40.3 Å². The molecule has 0 bridgehead atoms. The van der Waals surface area contributed by atoms with Crippen molar-refractivity contribution in [3.8, 4) is 11.1 Å². The Morgan fingerprint density at radius 1 is 0.850 bits per heavy atom. The van der Waals surface area contributed by atoms with Gasteiger partial charge in [-0.15, -0.1) is 11.8 Å². The van der Waals surface area contributed by atoms with E-state index in [1.54, 1.807) is 42.5 Å². The van der Waals surface area contributed by atoms with E-state index < -0.39 is 29.5 Å². The number of hydrogen-bond acceptors (Lipinski definition) is 3. The van der Waals surface area contributed by atoms with E-state index in [1.165, 1.54) is 38.7 Å². The molecule has 40 heavy (non-hydrogen) atoms. The first-order valence-electron chi connectivity index (χ1n) is 11.7. The van der Waals surface area contributed by atoms with Gasteiger partial charge in [0.1, 0.15) is 0 Å². The molecule has 4 nitrogen and oxygen atoms in total. The molecule has 0 aliphatic heterocycles. The van der Waals surface area contributed by atoms with Crippen LogP contribution in [0.2, 0.25) is 0 Å². The van der Waals surface area contributed by atoms with Crippen LogP contribution in [0.25, 0.3) is 11.1 Å². The second-order valence-electron chi connectivity index (χ2n) is 9.04. The van der Waals surface area contributed by atoms with Gasteiger partial charge in [-0.25, -0.2) is 4.39 Å². The summed E-state index contributed by atoms with van der Waals surface area (Å²) in [5.74, 6) is -0.536. The highest BCUT2D eigenvalue weighted by Crippen LogP contribution is 2.54. The lowest BCUT2D eigenvalue weighted by molar-refractivity contribution is -0.348. The molecule has 0 radical (unpaired) electrons. The number of alkyl halides is 7. The van der Waals surface area contributed by atoms with Crippen molar-refractivity contribution in [3.05, 3.63) is 88.5 Å². The molecule has 0 atom stereocenters. The Morgan fingerprint density at radius 2 is 1.43 bits per heavy atom. The minimum Gasteiger partial charge on any atom is -0.343 e. The molecular formula is C28H25F7N2O2S. The quantitative estimate of drug-likeness (QED) is 0.229. The summed E-state index contributed by atoms with van der Waals surface area (Å²) in [7, 11) is 1.32. The molecule has 3 aromatic rings. The van der Waals surface area contributed by atoms with E-state index in [1.807, 2.05) is 6.26 Å². The SMILES string of the molecule is CSCNC(=O)c1cccc(-c2ccccc2C(=O)N(C)c2c(C)cc(C(F)(C(F)(F)F)C(F)(F)F)cc2C)c1. The molecule has 3 rings (SSSR count). The van der Waals surface area contributed by atoms with Crippen molar-refractivity contribution in [2.75, 3.05) is 24.1 Å². The van der Waals surface area contributed by atoms with E-state index in [-0.39, 0.29) is 28.3 Å². The van der Waals surface area contributed by atoms with Gasteiger partial charge in [-0.05, 0) is 60.6 Å². The van der Waals surface area contributed by atoms with Gasteiger partial charge in [-0.2, -0.15) is 26.3 Å². The fourth-order valence-electron chi connectivity index (χ4n) is 4.44. The standard InChI is InChI=1S/C28H25F7N2O2S/c1-16-12-20(26(29,27(30,31)32)28(33,34)35)13-17(2)23(16)37(3)25(39)22-11-6-5-10-21(22)18-8-7-9-19(14-18)24(38)36-15-40-4/h5-14H,15H2,1-4H3,(H,36,38). The zero-order valence-corrected chi connectivity index (χ0v) is 22.6. The first kappa shape index (κ1) is 31.0. The van der Waals surface area contributed by atoms with Crippen LogP contribution < -0.4 is 10.2 Å².